The normalized spacial score (nSPS) is 10.9. The average Bonchev–Trinajstić information content (AvgIpc) is 3.05. The average molecular weight is 270 g/mol. The molecular weight excluding hydrogens is 256 g/mol. The van der Waals surface area contributed by atoms with Crippen molar-refractivity contribution in [1.82, 2.24) is 25.2 Å². The number of H-pyrrole nitrogens is 1. The molecule has 0 aliphatic carbocycles. The number of tetrazole rings is 1. The fourth-order valence-electron chi connectivity index (χ4n) is 2.47. The summed E-state index contributed by atoms with van der Waals surface area (Å²) in [5.41, 5.74) is 2.62. The van der Waals surface area contributed by atoms with Crippen LogP contribution in [0.3, 0.4) is 0 Å². The van der Waals surface area contributed by atoms with Crippen molar-refractivity contribution >= 4 is 22.8 Å². The van der Waals surface area contributed by atoms with Crippen LogP contribution in [0.5, 0.6) is 0 Å². The zero-order valence-corrected chi connectivity index (χ0v) is 11.2. The molecule has 20 heavy (non-hydrogen) atoms. The van der Waals surface area contributed by atoms with E-state index in [1.807, 2.05) is 42.7 Å². The number of hydrogen-bond acceptors (Lipinski definition) is 4. The third-order valence-electron chi connectivity index (χ3n) is 3.33. The summed E-state index contributed by atoms with van der Waals surface area (Å²) in [7, 11) is 0. The van der Waals surface area contributed by atoms with Crippen molar-refractivity contribution in [2.75, 3.05) is 5.32 Å². The summed E-state index contributed by atoms with van der Waals surface area (Å²) in [4.78, 5) is 12.4. The first-order valence-corrected chi connectivity index (χ1v) is 6.35. The van der Waals surface area contributed by atoms with Gasteiger partial charge in [0.15, 0.2) is 0 Å². The minimum atomic E-state index is -0.234. The number of nitrogens with one attached hydrogen (secondary N) is 2. The quantitative estimate of drug-likeness (QED) is 0.758. The van der Waals surface area contributed by atoms with E-state index in [4.69, 9.17) is 0 Å². The first-order chi connectivity index (χ1) is 9.72. The molecule has 0 saturated carbocycles. The number of nitrogens with zero attached hydrogens (tertiary/aromatic N) is 4. The molecule has 2 N–H and O–H groups in total. The van der Waals surface area contributed by atoms with Gasteiger partial charge < -0.3 is 4.57 Å². The van der Waals surface area contributed by atoms with Crippen LogP contribution in [-0.2, 0) is 6.54 Å². The maximum atomic E-state index is 12.4. The molecule has 1 amide bonds. The molecular formula is C13H14N6O. The number of benzene rings is 1. The zero-order chi connectivity index (χ0) is 14.1. The summed E-state index contributed by atoms with van der Waals surface area (Å²) < 4.78 is 1.99. The fraction of sp³-hybridized carbons (Fsp3) is 0.231. The summed E-state index contributed by atoms with van der Waals surface area (Å²) in [5, 5.41) is 16.9. The molecule has 7 heteroatoms. The van der Waals surface area contributed by atoms with E-state index in [0.29, 0.717) is 12.2 Å². The van der Waals surface area contributed by atoms with E-state index in [9.17, 15) is 4.79 Å². The van der Waals surface area contributed by atoms with Gasteiger partial charge in [0, 0.05) is 17.4 Å². The molecule has 7 nitrogen and oxygen atoms in total. The van der Waals surface area contributed by atoms with Crippen molar-refractivity contribution in [2.24, 2.45) is 0 Å². The van der Waals surface area contributed by atoms with Crippen LogP contribution in [0.2, 0.25) is 0 Å². The molecule has 0 aliphatic rings. The van der Waals surface area contributed by atoms with Crippen molar-refractivity contribution in [1.29, 1.82) is 0 Å². The topological polar surface area (TPSA) is 88.5 Å². The van der Waals surface area contributed by atoms with E-state index >= 15 is 0 Å². The van der Waals surface area contributed by atoms with Crippen LogP contribution in [0.1, 0.15) is 23.0 Å². The summed E-state index contributed by atoms with van der Waals surface area (Å²) in [6.45, 7) is 4.67. The number of anilines is 1. The largest absolute Gasteiger partial charge is 0.337 e. The first kappa shape index (κ1) is 12.3. The molecule has 0 fully saturated rings. The van der Waals surface area contributed by atoms with Crippen molar-refractivity contribution in [3.05, 3.63) is 35.5 Å². The Labute approximate surface area is 115 Å². The molecule has 2 heterocycles. The van der Waals surface area contributed by atoms with Crippen LogP contribution < -0.4 is 5.32 Å². The number of hydrogen-bond donors (Lipinski definition) is 2. The van der Waals surface area contributed by atoms with Crippen molar-refractivity contribution in [2.45, 2.75) is 20.4 Å². The second-order valence-corrected chi connectivity index (χ2v) is 4.42. The molecule has 0 saturated heterocycles. The van der Waals surface area contributed by atoms with Gasteiger partial charge in [-0.15, -0.1) is 5.10 Å². The monoisotopic (exact) mass is 270 g/mol. The predicted octanol–water partition coefficient (Wildman–Crippen LogP) is 1.74. The van der Waals surface area contributed by atoms with Gasteiger partial charge in [-0.1, -0.05) is 23.3 Å². The molecule has 2 aromatic heterocycles. The van der Waals surface area contributed by atoms with Crippen molar-refractivity contribution < 1.29 is 4.79 Å². The second-order valence-electron chi connectivity index (χ2n) is 4.42. The SMILES string of the molecule is CCn1c(C(=O)Nc2nn[nH]n2)c(C)c2ccccc21. The summed E-state index contributed by atoms with van der Waals surface area (Å²) in [6, 6.07) is 7.96. The molecule has 3 aromatic rings. The molecule has 0 aliphatic heterocycles. The van der Waals surface area contributed by atoms with Gasteiger partial charge in [-0.25, -0.2) is 0 Å². The minimum absolute atomic E-state index is 0.169. The number of aryl methyl sites for hydroxylation is 2. The van der Waals surface area contributed by atoms with E-state index in [1.165, 1.54) is 0 Å². The molecule has 3 rings (SSSR count). The van der Waals surface area contributed by atoms with Crippen LogP contribution in [0, 0.1) is 6.92 Å². The van der Waals surface area contributed by atoms with Gasteiger partial charge in [0.2, 0.25) is 0 Å². The van der Waals surface area contributed by atoms with E-state index in [2.05, 4.69) is 25.9 Å². The van der Waals surface area contributed by atoms with Gasteiger partial charge in [0.05, 0.1) is 0 Å². The third kappa shape index (κ3) is 1.83. The van der Waals surface area contributed by atoms with Crippen molar-refractivity contribution in [3.8, 4) is 0 Å². The number of carbonyl (C=O) groups excluding carboxylic acids is 1. The van der Waals surface area contributed by atoms with Gasteiger partial charge in [-0.2, -0.15) is 5.21 Å². The minimum Gasteiger partial charge on any atom is -0.337 e. The Morgan fingerprint density at radius 1 is 1.40 bits per heavy atom. The third-order valence-corrected chi connectivity index (χ3v) is 3.33. The number of para-hydroxylation sites is 1. The van der Waals surface area contributed by atoms with E-state index in [0.717, 1.165) is 16.5 Å². The Morgan fingerprint density at radius 2 is 2.20 bits per heavy atom. The van der Waals surface area contributed by atoms with Crippen LogP contribution >= 0.6 is 0 Å². The number of aromatic nitrogens is 5. The molecule has 0 radical (unpaired) electrons. The van der Waals surface area contributed by atoms with Gasteiger partial charge in [-0.3, -0.25) is 10.1 Å². The van der Waals surface area contributed by atoms with E-state index in [1.54, 1.807) is 0 Å². The van der Waals surface area contributed by atoms with Crippen LogP contribution in [0.15, 0.2) is 24.3 Å². The lowest BCUT2D eigenvalue weighted by Crippen LogP contribution is -2.18. The molecule has 102 valence electrons. The van der Waals surface area contributed by atoms with Crippen LogP contribution in [0.4, 0.5) is 5.95 Å². The lowest BCUT2D eigenvalue weighted by atomic mass is 10.1. The Kier molecular flexibility index (Phi) is 2.94. The Balaban J connectivity index is 2.10. The molecule has 0 spiro atoms. The maximum Gasteiger partial charge on any atom is 0.275 e. The lowest BCUT2D eigenvalue weighted by Gasteiger charge is -2.07. The number of rotatable bonds is 3. The highest BCUT2D eigenvalue weighted by Crippen LogP contribution is 2.25. The smallest absolute Gasteiger partial charge is 0.275 e. The Hall–Kier alpha value is -2.70. The van der Waals surface area contributed by atoms with Gasteiger partial charge >= 0.3 is 0 Å². The Morgan fingerprint density at radius 3 is 2.90 bits per heavy atom. The standard InChI is InChI=1S/C13H14N6O/c1-3-19-10-7-5-4-6-9(10)8(2)11(19)12(20)14-13-15-17-18-16-13/h4-7H,3H2,1-2H3,(H2,14,15,16,17,18,20). The molecule has 1 aromatic carbocycles. The highest BCUT2D eigenvalue weighted by Gasteiger charge is 2.20. The van der Waals surface area contributed by atoms with E-state index in [-0.39, 0.29) is 11.9 Å². The van der Waals surface area contributed by atoms with Gasteiger partial charge in [-0.05, 0) is 30.7 Å². The van der Waals surface area contributed by atoms with E-state index < -0.39 is 0 Å². The van der Waals surface area contributed by atoms with Crippen LogP contribution in [-0.4, -0.2) is 31.1 Å². The second kappa shape index (κ2) is 4.76. The maximum absolute atomic E-state index is 12.4. The van der Waals surface area contributed by atoms with Gasteiger partial charge in [0.25, 0.3) is 11.9 Å². The lowest BCUT2D eigenvalue weighted by molar-refractivity contribution is 0.101. The Bertz CT molecular complexity index is 759. The fourth-order valence-corrected chi connectivity index (χ4v) is 2.47. The number of aromatic amines is 1. The molecule has 0 atom stereocenters. The van der Waals surface area contributed by atoms with Crippen molar-refractivity contribution in [3.63, 3.8) is 0 Å². The number of amides is 1. The first-order valence-electron chi connectivity index (χ1n) is 6.35. The summed E-state index contributed by atoms with van der Waals surface area (Å²) in [5.74, 6) is -0.0655. The van der Waals surface area contributed by atoms with Gasteiger partial charge in [0.1, 0.15) is 5.69 Å². The number of fused-ring (bicyclic) bond motifs is 1. The highest BCUT2D eigenvalue weighted by molar-refractivity contribution is 6.07. The zero-order valence-electron chi connectivity index (χ0n) is 11.2. The predicted molar refractivity (Wildman–Crippen MR) is 74.5 cm³/mol. The highest BCUT2D eigenvalue weighted by atomic mass is 16.2. The number of carbonyl (C=O) groups is 1. The molecule has 0 unspecified atom stereocenters. The summed E-state index contributed by atoms with van der Waals surface area (Å²) >= 11 is 0. The van der Waals surface area contributed by atoms with Crippen LogP contribution in [0.25, 0.3) is 10.9 Å². The molecule has 0 bridgehead atoms. The summed E-state index contributed by atoms with van der Waals surface area (Å²) in [6.07, 6.45) is 0.